The van der Waals surface area contributed by atoms with E-state index < -0.39 is 0 Å². The van der Waals surface area contributed by atoms with Crippen LogP contribution in [0.15, 0.2) is 6.07 Å². The highest BCUT2D eigenvalue weighted by Gasteiger charge is 2.00. The highest BCUT2D eigenvalue weighted by Crippen LogP contribution is 2.24. The van der Waals surface area contributed by atoms with E-state index in [0.717, 1.165) is 2.88 Å². The number of thiophene rings is 1. The standard InChI is InChI=1S/C5H3IN2S/c6-4-1-3(2-7)5(8)9-4/h1H,8H2. The molecule has 0 bridgehead atoms. The first-order chi connectivity index (χ1) is 4.24. The van der Waals surface area contributed by atoms with Crippen LogP contribution >= 0.6 is 33.9 Å². The van der Waals surface area contributed by atoms with Crippen molar-refractivity contribution in [1.82, 2.24) is 0 Å². The molecule has 1 aromatic heterocycles. The lowest BCUT2D eigenvalue weighted by molar-refractivity contribution is 1.51. The van der Waals surface area contributed by atoms with Crippen LogP contribution in [0.25, 0.3) is 0 Å². The number of nitriles is 1. The first-order valence-electron chi connectivity index (χ1n) is 2.19. The Bertz CT molecular complexity index is 260. The molecule has 0 unspecified atom stereocenters. The summed E-state index contributed by atoms with van der Waals surface area (Å²) < 4.78 is 1.06. The minimum Gasteiger partial charge on any atom is -0.389 e. The zero-order valence-electron chi connectivity index (χ0n) is 4.39. The van der Waals surface area contributed by atoms with Crippen LogP contribution in [0.5, 0.6) is 0 Å². The van der Waals surface area contributed by atoms with Crippen LogP contribution in [-0.4, -0.2) is 0 Å². The average molecular weight is 250 g/mol. The lowest BCUT2D eigenvalue weighted by Crippen LogP contribution is -1.80. The Balaban J connectivity index is 3.20. The molecule has 0 atom stereocenters. The maximum absolute atomic E-state index is 8.41. The van der Waals surface area contributed by atoms with E-state index in [-0.39, 0.29) is 0 Å². The third-order valence-electron chi connectivity index (χ3n) is 0.851. The molecule has 1 rings (SSSR count). The summed E-state index contributed by atoms with van der Waals surface area (Å²) in [5.41, 5.74) is 6.03. The predicted octanol–water partition coefficient (Wildman–Crippen LogP) is 1.81. The van der Waals surface area contributed by atoms with Crippen LogP contribution in [0.4, 0.5) is 5.00 Å². The Morgan fingerprint density at radius 3 is 2.67 bits per heavy atom. The summed E-state index contributed by atoms with van der Waals surface area (Å²) in [6.07, 6.45) is 0. The number of anilines is 1. The van der Waals surface area contributed by atoms with Gasteiger partial charge in [-0.3, -0.25) is 0 Å². The Kier molecular flexibility index (Phi) is 1.93. The number of hydrogen-bond acceptors (Lipinski definition) is 3. The first-order valence-corrected chi connectivity index (χ1v) is 4.08. The maximum atomic E-state index is 8.41. The van der Waals surface area contributed by atoms with Crippen molar-refractivity contribution in [2.75, 3.05) is 5.73 Å². The molecule has 0 aliphatic heterocycles. The average Bonchev–Trinajstić information content (AvgIpc) is 2.10. The summed E-state index contributed by atoms with van der Waals surface area (Å²) in [6, 6.07) is 3.78. The fraction of sp³-hybridized carbons (Fsp3) is 0. The molecule has 2 N–H and O–H groups in total. The van der Waals surface area contributed by atoms with Crippen molar-refractivity contribution in [3.8, 4) is 6.07 Å². The second-order valence-electron chi connectivity index (χ2n) is 1.44. The zero-order valence-corrected chi connectivity index (χ0v) is 7.36. The largest absolute Gasteiger partial charge is 0.389 e. The normalized spacial score (nSPS) is 8.89. The molecule has 0 fully saturated rings. The van der Waals surface area contributed by atoms with Gasteiger partial charge in [-0.2, -0.15) is 5.26 Å². The molecule has 9 heavy (non-hydrogen) atoms. The van der Waals surface area contributed by atoms with E-state index in [2.05, 4.69) is 22.6 Å². The van der Waals surface area contributed by atoms with Crippen LogP contribution < -0.4 is 5.73 Å². The van der Waals surface area contributed by atoms with Crippen molar-refractivity contribution < 1.29 is 0 Å². The molecular weight excluding hydrogens is 247 g/mol. The molecule has 0 amide bonds. The molecule has 46 valence electrons. The molecule has 0 saturated carbocycles. The highest BCUT2D eigenvalue weighted by molar-refractivity contribution is 14.1. The molecule has 0 saturated heterocycles. The number of rotatable bonds is 0. The van der Waals surface area contributed by atoms with Gasteiger partial charge in [-0.25, -0.2) is 0 Å². The van der Waals surface area contributed by atoms with Gasteiger partial charge in [-0.15, -0.1) is 11.3 Å². The van der Waals surface area contributed by atoms with Crippen molar-refractivity contribution in [2.24, 2.45) is 0 Å². The second-order valence-corrected chi connectivity index (χ2v) is 4.42. The molecule has 2 nitrogen and oxygen atoms in total. The lowest BCUT2D eigenvalue weighted by atomic mass is 10.4. The summed E-state index contributed by atoms with van der Waals surface area (Å²) in [4.78, 5) is 0. The van der Waals surface area contributed by atoms with Gasteiger partial charge in [0.05, 0.1) is 8.45 Å². The van der Waals surface area contributed by atoms with Crippen LogP contribution in [-0.2, 0) is 0 Å². The Hall–Kier alpha value is -0.280. The number of hydrogen-bond donors (Lipinski definition) is 1. The fourth-order valence-electron chi connectivity index (χ4n) is 0.461. The van der Waals surface area contributed by atoms with E-state index >= 15 is 0 Å². The molecular formula is C5H3IN2S. The topological polar surface area (TPSA) is 49.8 Å². The minimum absolute atomic E-state index is 0.587. The maximum Gasteiger partial charge on any atom is 0.105 e. The van der Waals surface area contributed by atoms with Gasteiger partial charge in [0.25, 0.3) is 0 Å². The van der Waals surface area contributed by atoms with E-state index in [1.807, 2.05) is 6.07 Å². The van der Waals surface area contributed by atoms with Crippen molar-refractivity contribution in [2.45, 2.75) is 0 Å². The third-order valence-corrected chi connectivity index (χ3v) is 2.58. The van der Waals surface area contributed by atoms with Crippen LogP contribution in [0.3, 0.4) is 0 Å². The molecule has 0 aliphatic rings. The molecule has 0 aromatic carbocycles. The van der Waals surface area contributed by atoms with Crippen molar-refractivity contribution in [3.63, 3.8) is 0 Å². The summed E-state index contributed by atoms with van der Waals surface area (Å²) in [6.45, 7) is 0. The van der Waals surface area contributed by atoms with Gasteiger partial charge >= 0.3 is 0 Å². The van der Waals surface area contributed by atoms with E-state index in [0.29, 0.717) is 10.6 Å². The van der Waals surface area contributed by atoms with Crippen molar-refractivity contribution in [3.05, 3.63) is 14.5 Å². The summed E-state index contributed by atoms with van der Waals surface area (Å²) in [5.74, 6) is 0. The number of nitrogens with two attached hydrogens (primary N) is 1. The lowest BCUT2D eigenvalue weighted by Gasteiger charge is -1.78. The van der Waals surface area contributed by atoms with Gasteiger partial charge in [0.15, 0.2) is 0 Å². The van der Waals surface area contributed by atoms with Gasteiger partial charge in [0, 0.05) is 0 Å². The monoisotopic (exact) mass is 250 g/mol. The van der Waals surface area contributed by atoms with Gasteiger partial charge in [0.1, 0.15) is 11.1 Å². The summed E-state index contributed by atoms with van der Waals surface area (Å²) >= 11 is 3.57. The Morgan fingerprint density at radius 2 is 2.44 bits per heavy atom. The van der Waals surface area contributed by atoms with Gasteiger partial charge in [0.2, 0.25) is 0 Å². The predicted molar refractivity (Wildman–Crippen MR) is 46.2 cm³/mol. The molecule has 4 heteroatoms. The highest BCUT2D eigenvalue weighted by atomic mass is 127. The SMILES string of the molecule is N#Cc1cc(I)sc1N. The smallest absolute Gasteiger partial charge is 0.105 e. The van der Waals surface area contributed by atoms with Crippen LogP contribution in [0.1, 0.15) is 5.56 Å². The summed E-state index contributed by atoms with van der Waals surface area (Å²) in [5, 5.41) is 9.02. The summed E-state index contributed by atoms with van der Waals surface area (Å²) in [7, 11) is 0. The van der Waals surface area contributed by atoms with Crippen LogP contribution in [0.2, 0.25) is 0 Å². The zero-order chi connectivity index (χ0) is 6.85. The molecule has 0 aliphatic carbocycles. The fourth-order valence-corrected chi connectivity index (χ4v) is 2.09. The van der Waals surface area contributed by atoms with E-state index in [1.165, 1.54) is 11.3 Å². The minimum atomic E-state index is 0.587. The number of nitrogen functional groups attached to an aromatic ring is 1. The van der Waals surface area contributed by atoms with Crippen molar-refractivity contribution in [1.29, 1.82) is 5.26 Å². The molecule has 1 aromatic rings. The van der Waals surface area contributed by atoms with Crippen molar-refractivity contribution >= 4 is 38.9 Å². The first kappa shape index (κ1) is 6.83. The molecule has 0 spiro atoms. The van der Waals surface area contributed by atoms with Gasteiger partial charge in [-0.1, -0.05) is 0 Å². The van der Waals surface area contributed by atoms with E-state index in [9.17, 15) is 0 Å². The Labute approximate surface area is 70.4 Å². The molecule has 1 heterocycles. The number of nitrogens with zero attached hydrogens (tertiary/aromatic N) is 1. The number of halogens is 1. The Morgan fingerprint density at radius 1 is 1.78 bits per heavy atom. The van der Waals surface area contributed by atoms with Gasteiger partial charge in [-0.05, 0) is 28.7 Å². The molecule has 0 radical (unpaired) electrons. The quantitative estimate of drug-likeness (QED) is 0.714. The third kappa shape index (κ3) is 1.34. The van der Waals surface area contributed by atoms with E-state index in [4.69, 9.17) is 11.0 Å². The second kappa shape index (κ2) is 2.54. The van der Waals surface area contributed by atoms with E-state index in [1.54, 1.807) is 6.07 Å². The van der Waals surface area contributed by atoms with Gasteiger partial charge < -0.3 is 5.73 Å². The van der Waals surface area contributed by atoms with Crippen LogP contribution in [0, 0.1) is 14.2 Å².